The van der Waals surface area contributed by atoms with Crippen molar-refractivity contribution < 1.29 is 9.53 Å². The second-order valence-corrected chi connectivity index (χ2v) is 4.39. The third kappa shape index (κ3) is 5.66. The highest BCUT2D eigenvalue weighted by Gasteiger charge is 2.14. The number of halogens is 2. The van der Waals surface area contributed by atoms with Crippen molar-refractivity contribution in [2.45, 2.75) is 12.5 Å². The van der Waals surface area contributed by atoms with Gasteiger partial charge < -0.3 is 15.4 Å². The fourth-order valence-corrected chi connectivity index (χ4v) is 1.86. The monoisotopic (exact) mass is 317 g/mol. The number of hydrogen-bond donors (Lipinski definition) is 2. The van der Waals surface area contributed by atoms with E-state index in [2.05, 4.69) is 15.4 Å². The molecule has 5 nitrogen and oxygen atoms in total. The topological polar surface area (TPSA) is 74.2 Å². The van der Waals surface area contributed by atoms with Gasteiger partial charge in [-0.1, -0.05) is 11.6 Å². The molecular formula is C13H17Cl2N3O2. The predicted octanol–water partition coefficient (Wildman–Crippen LogP) is 2.20. The van der Waals surface area contributed by atoms with Crippen molar-refractivity contribution >= 4 is 35.7 Å². The first kappa shape index (κ1) is 18.5. The van der Waals surface area contributed by atoms with E-state index in [-0.39, 0.29) is 30.8 Å². The van der Waals surface area contributed by atoms with Crippen LogP contribution in [0.15, 0.2) is 18.2 Å². The van der Waals surface area contributed by atoms with Gasteiger partial charge in [0, 0.05) is 18.3 Å². The number of nitrogens with one attached hydrogen (secondary N) is 2. The van der Waals surface area contributed by atoms with Gasteiger partial charge in [0.2, 0.25) is 0 Å². The van der Waals surface area contributed by atoms with Gasteiger partial charge in [0.15, 0.2) is 0 Å². The fourth-order valence-electron chi connectivity index (χ4n) is 1.64. The second-order valence-electron chi connectivity index (χ2n) is 3.99. The van der Waals surface area contributed by atoms with Crippen LogP contribution >= 0.6 is 24.0 Å². The van der Waals surface area contributed by atoms with Crippen LogP contribution in [0.2, 0.25) is 5.02 Å². The summed E-state index contributed by atoms with van der Waals surface area (Å²) in [5, 5.41) is 15.4. The number of benzene rings is 1. The number of anilines is 1. The van der Waals surface area contributed by atoms with E-state index in [0.29, 0.717) is 17.1 Å². The number of methoxy groups -OCH3 is 1. The number of esters is 1. The summed E-state index contributed by atoms with van der Waals surface area (Å²) < 4.78 is 4.65. The largest absolute Gasteiger partial charge is 0.469 e. The normalized spacial score (nSPS) is 10.9. The molecule has 0 saturated carbocycles. The maximum Gasteiger partial charge on any atom is 0.307 e. The molecule has 0 radical (unpaired) electrons. The minimum atomic E-state index is -0.285. The summed E-state index contributed by atoms with van der Waals surface area (Å²) >= 11 is 5.95. The van der Waals surface area contributed by atoms with Gasteiger partial charge >= 0.3 is 5.97 Å². The molecule has 0 saturated heterocycles. The van der Waals surface area contributed by atoms with E-state index in [1.807, 2.05) is 6.07 Å². The molecule has 1 rings (SSSR count). The summed E-state index contributed by atoms with van der Waals surface area (Å²) in [6.07, 6.45) is 0.245. The minimum absolute atomic E-state index is 0. The van der Waals surface area contributed by atoms with Crippen molar-refractivity contribution in [1.29, 1.82) is 5.26 Å². The van der Waals surface area contributed by atoms with Crippen molar-refractivity contribution in [2.75, 3.05) is 26.0 Å². The summed E-state index contributed by atoms with van der Waals surface area (Å²) in [5.74, 6) is -0.285. The van der Waals surface area contributed by atoms with Crippen LogP contribution in [0.5, 0.6) is 0 Å². The van der Waals surface area contributed by atoms with E-state index in [0.717, 1.165) is 5.69 Å². The van der Waals surface area contributed by atoms with Crippen molar-refractivity contribution in [2.24, 2.45) is 0 Å². The first-order valence-electron chi connectivity index (χ1n) is 5.78. The Hall–Kier alpha value is -1.48. The van der Waals surface area contributed by atoms with E-state index >= 15 is 0 Å². The standard InChI is InChI=1S/C13H16ClN3O2.ClH/c1-16-8-11(6-13(18)19-2)17-10-4-3-9(7-15)12(14)5-10;/h3-5,11,16-17H,6,8H2,1-2H3;1H/t11-;/m0./s1. The maximum absolute atomic E-state index is 11.3. The Balaban J connectivity index is 0.00000361. The number of carbonyl (C=O) groups is 1. The van der Waals surface area contributed by atoms with Crippen LogP contribution in [-0.4, -0.2) is 32.7 Å². The zero-order valence-corrected chi connectivity index (χ0v) is 12.8. The zero-order valence-electron chi connectivity index (χ0n) is 11.3. The smallest absolute Gasteiger partial charge is 0.307 e. The summed E-state index contributed by atoms with van der Waals surface area (Å²) in [4.78, 5) is 11.3. The maximum atomic E-state index is 11.3. The van der Waals surface area contributed by atoms with Crippen LogP contribution < -0.4 is 10.6 Å². The quantitative estimate of drug-likeness (QED) is 0.787. The molecule has 0 spiro atoms. The Morgan fingerprint density at radius 3 is 2.75 bits per heavy atom. The highest BCUT2D eigenvalue weighted by Crippen LogP contribution is 2.21. The van der Waals surface area contributed by atoms with Crippen LogP contribution in [-0.2, 0) is 9.53 Å². The van der Waals surface area contributed by atoms with Crippen molar-refractivity contribution in [3.63, 3.8) is 0 Å². The van der Waals surface area contributed by atoms with E-state index in [9.17, 15) is 4.79 Å². The Kier molecular flexibility index (Phi) is 8.73. The van der Waals surface area contributed by atoms with E-state index in [1.165, 1.54) is 7.11 Å². The van der Waals surface area contributed by atoms with E-state index in [4.69, 9.17) is 16.9 Å². The first-order chi connectivity index (χ1) is 9.10. The molecule has 0 aliphatic carbocycles. The molecule has 0 aliphatic heterocycles. The third-order valence-electron chi connectivity index (χ3n) is 2.55. The van der Waals surface area contributed by atoms with Crippen LogP contribution in [0.25, 0.3) is 0 Å². The Morgan fingerprint density at radius 1 is 1.55 bits per heavy atom. The molecule has 20 heavy (non-hydrogen) atoms. The number of ether oxygens (including phenoxy) is 1. The van der Waals surface area contributed by atoms with Crippen molar-refractivity contribution in [3.05, 3.63) is 28.8 Å². The highest BCUT2D eigenvalue weighted by molar-refractivity contribution is 6.32. The van der Waals surface area contributed by atoms with Gasteiger partial charge in [0.25, 0.3) is 0 Å². The molecule has 0 aliphatic rings. The predicted molar refractivity (Wildman–Crippen MR) is 81.4 cm³/mol. The van der Waals surface area contributed by atoms with Gasteiger partial charge in [-0.3, -0.25) is 4.79 Å². The molecule has 1 atom stereocenters. The van der Waals surface area contributed by atoms with Crippen molar-refractivity contribution in [3.8, 4) is 6.07 Å². The number of likely N-dealkylation sites (N-methyl/N-ethyl adjacent to an activating group) is 1. The molecule has 110 valence electrons. The molecule has 1 aromatic rings. The SMILES string of the molecule is CNC[C@H](CC(=O)OC)Nc1ccc(C#N)c(Cl)c1.Cl. The van der Waals surface area contributed by atoms with Gasteiger partial charge in [-0.25, -0.2) is 0 Å². The van der Waals surface area contributed by atoms with Gasteiger partial charge in [-0.15, -0.1) is 12.4 Å². The lowest BCUT2D eigenvalue weighted by molar-refractivity contribution is -0.140. The molecular weight excluding hydrogens is 301 g/mol. The summed E-state index contributed by atoms with van der Waals surface area (Å²) in [6.45, 7) is 0.604. The van der Waals surface area contributed by atoms with Gasteiger partial charge in [-0.05, 0) is 25.2 Å². The number of nitriles is 1. The molecule has 0 unspecified atom stereocenters. The van der Waals surface area contributed by atoms with Crippen molar-refractivity contribution in [1.82, 2.24) is 5.32 Å². The second kappa shape index (κ2) is 9.43. The Bertz CT molecular complexity index is 489. The fraction of sp³-hybridized carbons (Fsp3) is 0.385. The summed E-state index contributed by atoms with van der Waals surface area (Å²) in [7, 11) is 3.16. The first-order valence-corrected chi connectivity index (χ1v) is 6.16. The number of carbonyl (C=O) groups excluding carboxylic acids is 1. The van der Waals surface area contributed by atoms with Crippen LogP contribution in [0.1, 0.15) is 12.0 Å². The van der Waals surface area contributed by atoms with Crippen LogP contribution in [0.3, 0.4) is 0 Å². The lowest BCUT2D eigenvalue weighted by Gasteiger charge is -2.18. The zero-order chi connectivity index (χ0) is 14.3. The Labute approximate surface area is 129 Å². The van der Waals surface area contributed by atoms with Gasteiger partial charge in [0.1, 0.15) is 6.07 Å². The molecule has 2 N–H and O–H groups in total. The summed E-state index contributed by atoms with van der Waals surface area (Å²) in [6, 6.07) is 6.95. The third-order valence-corrected chi connectivity index (χ3v) is 2.86. The van der Waals surface area contributed by atoms with Gasteiger partial charge in [-0.2, -0.15) is 5.26 Å². The number of nitrogens with zero attached hydrogens (tertiary/aromatic N) is 1. The average Bonchev–Trinajstić information content (AvgIpc) is 2.39. The molecule has 0 amide bonds. The Morgan fingerprint density at radius 2 is 2.25 bits per heavy atom. The van der Waals surface area contributed by atoms with E-state index < -0.39 is 0 Å². The lowest BCUT2D eigenvalue weighted by Crippen LogP contribution is -2.33. The lowest BCUT2D eigenvalue weighted by atomic mass is 10.1. The molecule has 0 aromatic heterocycles. The number of rotatable bonds is 6. The molecule has 0 fully saturated rings. The number of hydrogen-bond acceptors (Lipinski definition) is 5. The molecule has 0 bridgehead atoms. The van der Waals surface area contributed by atoms with Gasteiger partial charge in [0.05, 0.1) is 24.1 Å². The van der Waals surface area contributed by atoms with Crippen LogP contribution in [0, 0.1) is 11.3 Å². The summed E-state index contributed by atoms with van der Waals surface area (Å²) in [5.41, 5.74) is 1.18. The average molecular weight is 318 g/mol. The minimum Gasteiger partial charge on any atom is -0.469 e. The van der Waals surface area contributed by atoms with Crippen LogP contribution in [0.4, 0.5) is 5.69 Å². The molecule has 1 aromatic carbocycles. The molecule has 0 heterocycles. The van der Waals surface area contributed by atoms with E-state index in [1.54, 1.807) is 25.2 Å². The highest BCUT2D eigenvalue weighted by atomic mass is 35.5. The molecule has 7 heteroatoms.